The molecule has 0 aliphatic carbocycles. The molecule has 8 heteroatoms. The van der Waals surface area contributed by atoms with E-state index in [4.69, 9.17) is 0 Å². The van der Waals surface area contributed by atoms with Crippen molar-refractivity contribution in [1.29, 1.82) is 0 Å². The van der Waals surface area contributed by atoms with Gasteiger partial charge in [-0.05, 0) is 44.4 Å². The van der Waals surface area contributed by atoms with E-state index in [1.54, 1.807) is 16.4 Å². The molecule has 31 heavy (non-hydrogen) atoms. The lowest BCUT2D eigenvalue weighted by Crippen LogP contribution is -2.34. The molecular formula is C23H31N3O3S2. The molecule has 1 saturated heterocycles. The summed E-state index contributed by atoms with van der Waals surface area (Å²) in [7, 11) is -3.53. The molecule has 3 rings (SSSR count). The SMILES string of the molecule is CCN(CC)C(=O)[C@H](Sc1ccc(S(=O)(=O)N2CCCCCC2)cn1)c1ccccc1. The zero-order chi connectivity index (χ0) is 22.3. The molecule has 0 bridgehead atoms. The fourth-order valence-corrected chi connectivity index (χ4v) is 6.24. The van der Waals surface area contributed by atoms with Crippen LogP contribution in [0.2, 0.25) is 0 Å². The summed E-state index contributed by atoms with van der Waals surface area (Å²) >= 11 is 1.36. The first-order valence-electron chi connectivity index (χ1n) is 10.9. The fourth-order valence-electron chi connectivity index (χ4n) is 3.73. The number of aromatic nitrogens is 1. The Labute approximate surface area is 190 Å². The van der Waals surface area contributed by atoms with Gasteiger partial charge in [-0.1, -0.05) is 54.9 Å². The molecule has 1 aromatic carbocycles. The van der Waals surface area contributed by atoms with E-state index < -0.39 is 15.3 Å². The number of amides is 1. The second-order valence-electron chi connectivity index (χ2n) is 7.57. The summed E-state index contributed by atoms with van der Waals surface area (Å²) in [6.45, 7) is 6.34. The lowest BCUT2D eigenvalue weighted by molar-refractivity contribution is -0.130. The number of hydrogen-bond donors (Lipinski definition) is 0. The van der Waals surface area contributed by atoms with Crippen LogP contribution in [0.25, 0.3) is 0 Å². The van der Waals surface area contributed by atoms with E-state index in [9.17, 15) is 13.2 Å². The van der Waals surface area contributed by atoms with Gasteiger partial charge >= 0.3 is 0 Å². The van der Waals surface area contributed by atoms with E-state index in [1.165, 1.54) is 18.0 Å². The van der Waals surface area contributed by atoms with E-state index in [0.717, 1.165) is 31.2 Å². The maximum atomic E-state index is 13.2. The molecule has 0 N–H and O–H groups in total. The molecular weight excluding hydrogens is 430 g/mol. The Hall–Kier alpha value is -1.90. The molecule has 1 amide bonds. The molecule has 6 nitrogen and oxygen atoms in total. The largest absolute Gasteiger partial charge is 0.342 e. The minimum absolute atomic E-state index is 0.0317. The molecule has 0 saturated carbocycles. The molecule has 0 unspecified atom stereocenters. The number of pyridine rings is 1. The van der Waals surface area contributed by atoms with Crippen LogP contribution in [0.1, 0.15) is 50.3 Å². The number of rotatable bonds is 8. The number of carbonyl (C=O) groups excluding carboxylic acids is 1. The Kier molecular flexibility index (Phi) is 8.51. The van der Waals surface area contributed by atoms with Gasteiger partial charge in [-0.2, -0.15) is 4.31 Å². The molecule has 2 aromatic rings. The van der Waals surface area contributed by atoms with Gasteiger partial charge in [0.1, 0.15) is 10.1 Å². The molecule has 1 aromatic heterocycles. The molecule has 0 spiro atoms. The van der Waals surface area contributed by atoms with E-state index in [-0.39, 0.29) is 10.8 Å². The van der Waals surface area contributed by atoms with Crippen molar-refractivity contribution in [2.45, 2.75) is 54.7 Å². The number of benzene rings is 1. The topological polar surface area (TPSA) is 70.6 Å². The van der Waals surface area contributed by atoms with Crippen LogP contribution in [0, 0.1) is 0 Å². The number of sulfonamides is 1. The third-order valence-corrected chi connectivity index (χ3v) is 8.63. The zero-order valence-electron chi connectivity index (χ0n) is 18.2. The maximum absolute atomic E-state index is 13.2. The summed E-state index contributed by atoms with van der Waals surface area (Å²) in [5.74, 6) is 0.0317. The number of likely N-dealkylation sites (N-methyl/N-ethyl adjacent to an activating group) is 1. The monoisotopic (exact) mass is 461 g/mol. The minimum atomic E-state index is -3.53. The van der Waals surface area contributed by atoms with Gasteiger partial charge in [0.2, 0.25) is 15.9 Å². The van der Waals surface area contributed by atoms with Crippen molar-refractivity contribution in [1.82, 2.24) is 14.2 Å². The van der Waals surface area contributed by atoms with Crippen LogP contribution in [-0.4, -0.2) is 54.7 Å². The van der Waals surface area contributed by atoms with Gasteiger partial charge in [0, 0.05) is 32.4 Å². The zero-order valence-corrected chi connectivity index (χ0v) is 19.9. The number of thioether (sulfide) groups is 1. The van der Waals surface area contributed by atoms with Gasteiger partial charge in [0.15, 0.2) is 0 Å². The predicted molar refractivity (Wildman–Crippen MR) is 124 cm³/mol. The fraction of sp³-hybridized carbons (Fsp3) is 0.478. The van der Waals surface area contributed by atoms with Gasteiger partial charge in [-0.15, -0.1) is 0 Å². The quantitative estimate of drug-likeness (QED) is 0.547. The maximum Gasteiger partial charge on any atom is 0.244 e. The van der Waals surface area contributed by atoms with E-state index >= 15 is 0 Å². The van der Waals surface area contributed by atoms with Crippen LogP contribution in [0.3, 0.4) is 0 Å². The van der Waals surface area contributed by atoms with Crippen molar-refractivity contribution in [2.24, 2.45) is 0 Å². The molecule has 168 valence electrons. The van der Waals surface area contributed by atoms with E-state index in [0.29, 0.717) is 31.2 Å². The van der Waals surface area contributed by atoms with Crippen LogP contribution < -0.4 is 0 Å². The standard InChI is InChI=1S/C23H31N3O3S2/c1-3-25(4-2)23(27)22(19-12-8-7-9-13-19)30-21-15-14-20(18-24-21)31(28,29)26-16-10-5-6-11-17-26/h7-9,12-15,18,22H,3-6,10-11,16-17H2,1-2H3/t22-/m1/s1. The van der Waals surface area contributed by atoms with E-state index in [1.807, 2.05) is 49.1 Å². The average Bonchev–Trinajstić information content (AvgIpc) is 3.09. The Morgan fingerprint density at radius 1 is 1.03 bits per heavy atom. The van der Waals surface area contributed by atoms with Gasteiger partial charge in [-0.3, -0.25) is 4.79 Å². The number of hydrogen-bond acceptors (Lipinski definition) is 5. The first-order valence-corrected chi connectivity index (χ1v) is 13.3. The summed E-state index contributed by atoms with van der Waals surface area (Å²) in [5, 5.41) is 0.200. The molecule has 1 aliphatic heterocycles. The Balaban J connectivity index is 1.82. The van der Waals surface area contributed by atoms with Crippen LogP contribution in [0.5, 0.6) is 0 Å². The highest BCUT2D eigenvalue weighted by Gasteiger charge is 2.28. The van der Waals surface area contributed by atoms with Crippen LogP contribution >= 0.6 is 11.8 Å². The van der Waals surface area contributed by atoms with Crippen LogP contribution in [-0.2, 0) is 14.8 Å². The van der Waals surface area contributed by atoms with Crippen molar-refractivity contribution in [3.63, 3.8) is 0 Å². The minimum Gasteiger partial charge on any atom is -0.342 e. The lowest BCUT2D eigenvalue weighted by atomic mass is 10.1. The van der Waals surface area contributed by atoms with Gasteiger partial charge < -0.3 is 4.90 Å². The molecule has 2 heterocycles. The van der Waals surface area contributed by atoms with E-state index in [2.05, 4.69) is 4.98 Å². The molecule has 1 aliphatic rings. The summed E-state index contributed by atoms with van der Waals surface area (Å²) in [5.41, 5.74) is 0.910. The smallest absolute Gasteiger partial charge is 0.244 e. The lowest BCUT2D eigenvalue weighted by Gasteiger charge is -2.25. The summed E-state index contributed by atoms with van der Waals surface area (Å²) in [6, 6.07) is 13.0. The molecule has 0 radical (unpaired) electrons. The van der Waals surface area contributed by atoms with Crippen LogP contribution in [0.15, 0.2) is 58.6 Å². The Morgan fingerprint density at radius 2 is 1.68 bits per heavy atom. The first kappa shape index (κ1) is 23.8. The average molecular weight is 462 g/mol. The Bertz CT molecular complexity index is 938. The Morgan fingerprint density at radius 3 is 2.23 bits per heavy atom. The van der Waals surface area contributed by atoms with Crippen LogP contribution in [0.4, 0.5) is 0 Å². The van der Waals surface area contributed by atoms with Crippen molar-refractivity contribution in [3.05, 3.63) is 54.2 Å². The third kappa shape index (κ3) is 5.87. The summed E-state index contributed by atoms with van der Waals surface area (Å²) in [6.07, 6.45) is 5.36. The van der Waals surface area contributed by atoms with Crippen molar-refractivity contribution < 1.29 is 13.2 Å². The van der Waals surface area contributed by atoms with Crippen molar-refractivity contribution in [2.75, 3.05) is 26.2 Å². The highest BCUT2D eigenvalue weighted by molar-refractivity contribution is 8.00. The van der Waals surface area contributed by atoms with Gasteiger partial charge in [0.05, 0.1) is 5.03 Å². The summed E-state index contributed by atoms with van der Waals surface area (Å²) < 4.78 is 27.5. The second kappa shape index (κ2) is 11.1. The highest BCUT2D eigenvalue weighted by atomic mass is 32.2. The van der Waals surface area contributed by atoms with Gasteiger partial charge in [0.25, 0.3) is 0 Å². The number of carbonyl (C=O) groups is 1. The first-order chi connectivity index (χ1) is 15.0. The summed E-state index contributed by atoms with van der Waals surface area (Å²) in [4.78, 5) is 19.6. The second-order valence-corrected chi connectivity index (χ2v) is 10.6. The van der Waals surface area contributed by atoms with Crippen molar-refractivity contribution >= 4 is 27.7 Å². The third-order valence-electron chi connectivity index (χ3n) is 5.55. The van der Waals surface area contributed by atoms with Crippen molar-refractivity contribution in [3.8, 4) is 0 Å². The van der Waals surface area contributed by atoms with Gasteiger partial charge in [-0.25, -0.2) is 13.4 Å². The normalized spacial score (nSPS) is 16.5. The molecule has 1 atom stereocenters. The molecule has 1 fully saturated rings. The highest BCUT2D eigenvalue weighted by Crippen LogP contribution is 2.36. The number of nitrogens with zero attached hydrogens (tertiary/aromatic N) is 3. The predicted octanol–water partition coefficient (Wildman–Crippen LogP) is 4.35.